The molecule has 1 aliphatic heterocycles. The van der Waals surface area contributed by atoms with Gasteiger partial charge in [-0.1, -0.05) is 0 Å². The lowest BCUT2D eigenvalue weighted by Gasteiger charge is -2.28. The normalized spacial score (nSPS) is 24.8. The highest BCUT2D eigenvalue weighted by Crippen LogP contribution is 2.24. The Morgan fingerprint density at radius 3 is 2.95 bits per heavy atom. The molecule has 1 aromatic heterocycles. The fourth-order valence-corrected chi connectivity index (χ4v) is 2.88. The quantitative estimate of drug-likeness (QED) is 0.759. The van der Waals surface area contributed by atoms with Crippen molar-refractivity contribution < 1.29 is 19.4 Å². The number of nitrogens with one attached hydrogen (secondary N) is 2. The standard InChI is InChI=1S/C13H19N3O4S/c1-8-13(2,4-6-20-8)16-12(19)14-5-3-10-15-9(7-21-10)11(17)18/h7-8H,3-6H2,1-2H3,(H,17,18)(H2,14,16,19). The minimum Gasteiger partial charge on any atom is -0.476 e. The van der Waals surface area contributed by atoms with Gasteiger partial charge in [-0.2, -0.15) is 0 Å². The van der Waals surface area contributed by atoms with Crippen molar-refractivity contribution in [1.82, 2.24) is 15.6 Å². The van der Waals surface area contributed by atoms with Gasteiger partial charge >= 0.3 is 12.0 Å². The Bertz CT molecular complexity index is 533. The Labute approximate surface area is 126 Å². The van der Waals surface area contributed by atoms with Crippen molar-refractivity contribution >= 4 is 23.3 Å². The highest BCUT2D eigenvalue weighted by atomic mass is 32.1. The van der Waals surface area contributed by atoms with Crippen molar-refractivity contribution in [3.05, 3.63) is 16.1 Å². The van der Waals surface area contributed by atoms with E-state index in [2.05, 4.69) is 15.6 Å². The highest BCUT2D eigenvalue weighted by molar-refractivity contribution is 7.09. The molecule has 1 saturated heterocycles. The van der Waals surface area contributed by atoms with Gasteiger partial charge in [-0.25, -0.2) is 14.6 Å². The van der Waals surface area contributed by atoms with Crippen LogP contribution in [-0.4, -0.2) is 46.9 Å². The lowest BCUT2D eigenvalue weighted by atomic mass is 9.95. The molecule has 0 aliphatic carbocycles. The van der Waals surface area contributed by atoms with Crippen molar-refractivity contribution in [2.45, 2.75) is 38.3 Å². The molecule has 0 saturated carbocycles. The van der Waals surface area contributed by atoms with E-state index < -0.39 is 5.97 Å². The van der Waals surface area contributed by atoms with Crippen LogP contribution in [-0.2, 0) is 11.2 Å². The van der Waals surface area contributed by atoms with Gasteiger partial charge in [0, 0.05) is 25.0 Å². The molecule has 1 aromatic rings. The van der Waals surface area contributed by atoms with Crippen molar-refractivity contribution in [3.63, 3.8) is 0 Å². The summed E-state index contributed by atoms with van der Waals surface area (Å²) < 4.78 is 5.46. The van der Waals surface area contributed by atoms with Crippen LogP contribution in [0.2, 0.25) is 0 Å². The predicted molar refractivity (Wildman–Crippen MR) is 77.7 cm³/mol. The lowest BCUT2D eigenvalue weighted by molar-refractivity contribution is 0.0691. The Morgan fingerprint density at radius 1 is 1.62 bits per heavy atom. The average molecular weight is 313 g/mol. The zero-order valence-corrected chi connectivity index (χ0v) is 12.8. The van der Waals surface area contributed by atoms with Crippen LogP contribution in [0.1, 0.15) is 35.8 Å². The van der Waals surface area contributed by atoms with Gasteiger partial charge in [-0.3, -0.25) is 0 Å². The lowest BCUT2D eigenvalue weighted by Crippen LogP contribution is -2.54. The smallest absolute Gasteiger partial charge is 0.355 e. The maximum absolute atomic E-state index is 11.9. The molecule has 8 heteroatoms. The maximum atomic E-state index is 11.9. The van der Waals surface area contributed by atoms with Gasteiger partial charge in [0.15, 0.2) is 5.69 Å². The molecule has 116 valence electrons. The summed E-state index contributed by atoms with van der Waals surface area (Å²) in [4.78, 5) is 26.5. The maximum Gasteiger partial charge on any atom is 0.355 e. The molecule has 2 unspecified atom stereocenters. The summed E-state index contributed by atoms with van der Waals surface area (Å²) in [6.45, 7) is 4.96. The van der Waals surface area contributed by atoms with Crippen LogP contribution in [0.5, 0.6) is 0 Å². The molecule has 21 heavy (non-hydrogen) atoms. The van der Waals surface area contributed by atoms with Crippen molar-refractivity contribution in [1.29, 1.82) is 0 Å². The first kappa shape index (κ1) is 15.7. The summed E-state index contributed by atoms with van der Waals surface area (Å²) in [7, 11) is 0. The first-order valence-corrected chi connectivity index (χ1v) is 7.64. The van der Waals surface area contributed by atoms with E-state index >= 15 is 0 Å². The first-order chi connectivity index (χ1) is 9.90. The predicted octanol–water partition coefficient (Wildman–Crippen LogP) is 1.25. The monoisotopic (exact) mass is 313 g/mol. The van der Waals surface area contributed by atoms with E-state index in [9.17, 15) is 9.59 Å². The van der Waals surface area contributed by atoms with Crippen molar-refractivity contribution in [3.8, 4) is 0 Å². The minimum absolute atomic E-state index is 0.0136. The number of carboxylic acids is 1. The molecule has 7 nitrogen and oxygen atoms in total. The number of hydrogen-bond donors (Lipinski definition) is 3. The summed E-state index contributed by atoms with van der Waals surface area (Å²) in [6.07, 6.45) is 1.28. The molecule has 3 N–H and O–H groups in total. The molecule has 1 aliphatic rings. The second-order valence-electron chi connectivity index (χ2n) is 5.24. The van der Waals surface area contributed by atoms with E-state index in [1.54, 1.807) is 0 Å². The van der Waals surface area contributed by atoms with Crippen molar-refractivity contribution in [2.24, 2.45) is 0 Å². The van der Waals surface area contributed by atoms with E-state index in [4.69, 9.17) is 9.84 Å². The molecule has 2 amide bonds. The zero-order valence-electron chi connectivity index (χ0n) is 12.0. The fraction of sp³-hybridized carbons (Fsp3) is 0.615. The summed E-state index contributed by atoms with van der Waals surface area (Å²) in [5.74, 6) is -1.04. The van der Waals surface area contributed by atoms with Crippen LogP contribution < -0.4 is 10.6 Å². The average Bonchev–Trinajstić information content (AvgIpc) is 2.98. The molecule has 2 atom stereocenters. The molecular formula is C13H19N3O4S. The number of hydrogen-bond acceptors (Lipinski definition) is 5. The van der Waals surface area contributed by atoms with E-state index in [1.165, 1.54) is 16.7 Å². The minimum atomic E-state index is -1.04. The summed E-state index contributed by atoms with van der Waals surface area (Å²) in [6, 6.07) is -0.245. The molecule has 0 spiro atoms. The van der Waals surface area contributed by atoms with Gasteiger partial charge in [-0.05, 0) is 20.3 Å². The molecular weight excluding hydrogens is 294 g/mol. The number of ether oxygens (including phenoxy) is 1. The number of carbonyl (C=O) groups excluding carboxylic acids is 1. The first-order valence-electron chi connectivity index (χ1n) is 6.76. The number of urea groups is 1. The summed E-state index contributed by atoms with van der Waals surface area (Å²) in [5, 5.41) is 16.6. The number of amides is 2. The molecule has 0 aromatic carbocycles. The van der Waals surface area contributed by atoms with Crippen LogP contribution in [0.4, 0.5) is 4.79 Å². The number of aromatic carboxylic acids is 1. The van der Waals surface area contributed by atoms with Gasteiger partial charge in [0.2, 0.25) is 0 Å². The van der Waals surface area contributed by atoms with Gasteiger partial charge in [-0.15, -0.1) is 11.3 Å². The van der Waals surface area contributed by atoms with Gasteiger partial charge < -0.3 is 20.5 Å². The number of carbonyl (C=O) groups is 2. The SMILES string of the molecule is CC1OCCC1(C)NC(=O)NCCc1nc(C(=O)O)cs1. The van der Waals surface area contributed by atoms with Gasteiger partial charge in [0.05, 0.1) is 16.7 Å². The number of nitrogens with zero attached hydrogens (tertiary/aromatic N) is 1. The number of aromatic nitrogens is 1. The number of thiazole rings is 1. The van der Waals surface area contributed by atoms with Crippen LogP contribution >= 0.6 is 11.3 Å². The van der Waals surface area contributed by atoms with Gasteiger partial charge in [0.1, 0.15) is 0 Å². The highest BCUT2D eigenvalue weighted by Gasteiger charge is 2.38. The third-order valence-corrected chi connectivity index (χ3v) is 4.59. The third-order valence-electron chi connectivity index (χ3n) is 3.68. The van der Waals surface area contributed by atoms with Gasteiger partial charge in [0.25, 0.3) is 0 Å². The summed E-state index contributed by atoms with van der Waals surface area (Å²) in [5.41, 5.74) is -0.300. The zero-order chi connectivity index (χ0) is 15.5. The second kappa shape index (κ2) is 6.40. The summed E-state index contributed by atoms with van der Waals surface area (Å²) >= 11 is 1.28. The van der Waals surface area contributed by atoms with Crippen molar-refractivity contribution in [2.75, 3.05) is 13.2 Å². The Kier molecular flexibility index (Phi) is 4.79. The van der Waals surface area contributed by atoms with E-state index in [-0.39, 0.29) is 23.4 Å². The van der Waals surface area contributed by atoms with Crippen LogP contribution in [0.3, 0.4) is 0 Å². The number of carboxylic acid groups (broad SMARTS) is 1. The molecule has 0 radical (unpaired) electrons. The molecule has 2 heterocycles. The number of rotatable bonds is 5. The van der Waals surface area contributed by atoms with Crippen LogP contribution in [0.25, 0.3) is 0 Å². The third kappa shape index (κ3) is 3.92. The second-order valence-corrected chi connectivity index (χ2v) is 6.19. The molecule has 1 fully saturated rings. The Hall–Kier alpha value is -1.67. The van der Waals surface area contributed by atoms with Crippen LogP contribution in [0.15, 0.2) is 5.38 Å². The molecule has 0 bridgehead atoms. The van der Waals surface area contributed by atoms with E-state index in [1.807, 2.05) is 13.8 Å². The van der Waals surface area contributed by atoms with E-state index in [0.717, 1.165) is 6.42 Å². The van der Waals surface area contributed by atoms with E-state index in [0.29, 0.717) is 24.6 Å². The largest absolute Gasteiger partial charge is 0.476 e. The topological polar surface area (TPSA) is 101 Å². The molecule has 2 rings (SSSR count). The Balaban J connectivity index is 1.75. The fourth-order valence-electron chi connectivity index (χ4n) is 2.11. The Morgan fingerprint density at radius 2 is 2.38 bits per heavy atom. The van der Waals surface area contributed by atoms with Crippen LogP contribution in [0, 0.1) is 0 Å².